The van der Waals surface area contributed by atoms with Crippen LogP contribution in [-0.4, -0.2) is 24.2 Å². The zero-order valence-electron chi connectivity index (χ0n) is 14.4. The summed E-state index contributed by atoms with van der Waals surface area (Å²) in [5.74, 6) is 1.01. The van der Waals surface area contributed by atoms with Crippen molar-refractivity contribution in [2.24, 2.45) is 5.10 Å². The van der Waals surface area contributed by atoms with E-state index < -0.39 is 0 Å². The van der Waals surface area contributed by atoms with E-state index in [1.807, 2.05) is 36.4 Å². The fourth-order valence-electron chi connectivity index (χ4n) is 2.48. The lowest BCUT2D eigenvalue weighted by Gasteiger charge is -2.13. The molecule has 0 saturated heterocycles. The molecular weight excluding hydrogens is 362 g/mol. The van der Waals surface area contributed by atoms with Crippen LogP contribution in [0.1, 0.15) is 16.1 Å². The zero-order chi connectivity index (χ0) is 18.6. The first kappa shape index (κ1) is 17.0. The molecule has 7 heteroatoms. The predicted octanol–water partition coefficient (Wildman–Crippen LogP) is 4.58. The maximum Gasteiger partial charge on any atom is 0.280 e. The molecule has 0 aliphatic rings. The second kappa shape index (κ2) is 7.43. The lowest BCUT2D eigenvalue weighted by atomic mass is 10.2. The van der Waals surface area contributed by atoms with Crippen LogP contribution < -0.4 is 9.75 Å². The molecule has 4 aromatic rings. The number of carbonyl (C=O) groups is 1. The van der Waals surface area contributed by atoms with Gasteiger partial charge in [-0.2, -0.15) is 10.1 Å². The van der Waals surface area contributed by atoms with E-state index in [-0.39, 0.29) is 5.91 Å². The average molecular weight is 377 g/mol. The Labute approximate surface area is 159 Å². The molecule has 2 aromatic carbocycles. The van der Waals surface area contributed by atoms with Gasteiger partial charge in [0, 0.05) is 5.56 Å². The second-order valence-electron chi connectivity index (χ2n) is 5.57. The molecule has 27 heavy (non-hydrogen) atoms. The Kier molecular flexibility index (Phi) is 4.67. The first-order valence-corrected chi connectivity index (χ1v) is 8.98. The van der Waals surface area contributed by atoms with Crippen LogP contribution in [0.25, 0.3) is 10.2 Å². The third kappa shape index (κ3) is 3.58. The first-order valence-electron chi connectivity index (χ1n) is 8.16. The number of benzene rings is 2. The van der Waals surface area contributed by atoms with Gasteiger partial charge in [-0.25, -0.2) is 4.98 Å². The third-order valence-electron chi connectivity index (χ3n) is 3.82. The summed E-state index contributed by atoms with van der Waals surface area (Å²) in [6.45, 7) is 0. The lowest BCUT2D eigenvalue weighted by Crippen LogP contribution is -2.25. The highest BCUT2D eigenvalue weighted by molar-refractivity contribution is 7.22. The quantitative estimate of drug-likeness (QED) is 0.377. The molecule has 0 atom stereocenters. The van der Waals surface area contributed by atoms with Crippen LogP contribution in [0.3, 0.4) is 0 Å². The van der Waals surface area contributed by atoms with Crippen molar-refractivity contribution in [2.45, 2.75) is 0 Å². The smallest absolute Gasteiger partial charge is 0.280 e. The normalized spacial score (nSPS) is 11.1. The highest BCUT2D eigenvalue weighted by Gasteiger charge is 2.21. The Bertz CT molecular complexity index is 1090. The molecule has 0 fully saturated rings. The number of hydrogen-bond donors (Lipinski definition) is 0. The Hall–Kier alpha value is -3.45. The van der Waals surface area contributed by atoms with Gasteiger partial charge in [0.15, 0.2) is 0 Å². The lowest BCUT2D eigenvalue weighted by molar-refractivity contribution is 0.0988. The van der Waals surface area contributed by atoms with Gasteiger partial charge in [0.2, 0.25) is 5.13 Å². The summed E-state index contributed by atoms with van der Waals surface area (Å²) in [7, 11) is 1.61. The van der Waals surface area contributed by atoms with Gasteiger partial charge < -0.3 is 9.15 Å². The Balaban J connectivity index is 1.76. The summed E-state index contributed by atoms with van der Waals surface area (Å²) < 4.78 is 11.4. The Morgan fingerprint density at radius 2 is 2.04 bits per heavy atom. The van der Waals surface area contributed by atoms with Gasteiger partial charge in [-0.1, -0.05) is 29.5 Å². The number of hydrazone groups is 1. The molecule has 2 heterocycles. The van der Waals surface area contributed by atoms with Crippen LogP contribution in [0, 0.1) is 0 Å². The Morgan fingerprint density at radius 3 is 2.78 bits per heavy atom. The van der Waals surface area contributed by atoms with Crippen molar-refractivity contribution >= 4 is 38.8 Å². The fourth-order valence-corrected chi connectivity index (χ4v) is 3.43. The molecule has 0 N–H and O–H groups in total. The molecule has 2 aromatic heterocycles. The number of carbonyl (C=O) groups excluding carboxylic acids is 1. The van der Waals surface area contributed by atoms with Crippen molar-refractivity contribution < 1.29 is 13.9 Å². The molecule has 0 radical (unpaired) electrons. The number of aromatic nitrogens is 1. The van der Waals surface area contributed by atoms with Gasteiger partial charge in [0.05, 0.1) is 29.8 Å². The van der Waals surface area contributed by atoms with E-state index >= 15 is 0 Å². The number of furan rings is 1. The summed E-state index contributed by atoms with van der Waals surface area (Å²) in [5, 5.41) is 6.09. The van der Waals surface area contributed by atoms with Crippen LogP contribution in [0.2, 0.25) is 0 Å². The van der Waals surface area contributed by atoms with Crippen LogP contribution >= 0.6 is 11.3 Å². The van der Waals surface area contributed by atoms with Gasteiger partial charge in [-0.15, -0.1) is 0 Å². The number of amides is 1. The van der Waals surface area contributed by atoms with Gasteiger partial charge in [0.1, 0.15) is 11.5 Å². The largest absolute Gasteiger partial charge is 0.497 e. The minimum absolute atomic E-state index is 0.274. The van der Waals surface area contributed by atoms with Crippen molar-refractivity contribution in [3.63, 3.8) is 0 Å². The molecule has 1 amide bonds. The maximum absolute atomic E-state index is 13.0. The SMILES string of the molecule is COc1ccc2nc(N(/N=C/c3ccco3)C(=O)c3ccccc3)sc2c1. The van der Waals surface area contributed by atoms with E-state index in [1.54, 1.807) is 37.6 Å². The predicted molar refractivity (Wildman–Crippen MR) is 106 cm³/mol. The summed E-state index contributed by atoms with van der Waals surface area (Å²) in [6, 6.07) is 18.1. The van der Waals surface area contributed by atoms with Crippen molar-refractivity contribution in [3.05, 3.63) is 78.3 Å². The number of thiazole rings is 1. The Morgan fingerprint density at radius 1 is 1.19 bits per heavy atom. The van der Waals surface area contributed by atoms with Crippen LogP contribution in [0.4, 0.5) is 5.13 Å². The van der Waals surface area contributed by atoms with E-state index in [9.17, 15) is 4.79 Å². The maximum atomic E-state index is 13.0. The zero-order valence-corrected chi connectivity index (χ0v) is 15.2. The monoisotopic (exact) mass is 377 g/mol. The van der Waals surface area contributed by atoms with E-state index in [0.717, 1.165) is 16.0 Å². The van der Waals surface area contributed by atoms with Crippen LogP contribution in [0.5, 0.6) is 5.75 Å². The minimum atomic E-state index is -0.274. The number of ether oxygens (including phenoxy) is 1. The molecule has 6 nitrogen and oxygen atoms in total. The van der Waals surface area contributed by atoms with Gasteiger partial charge in [0.25, 0.3) is 5.91 Å². The summed E-state index contributed by atoms with van der Waals surface area (Å²) in [4.78, 5) is 17.6. The minimum Gasteiger partial charge on any atom is -0.497 e. The molecule has 4 rings (SSSR count). The van der Waals surface area contributed by atoms with Crippen molar-refractivity contribution in [3.8, 4) is 5.75 Å². The number of hydrogen-bond acceptors (Lipinski definition) is 6. The highest BCUT2D eigenvalue weighted by atomic mass is 32.1. The third-order valence-corrected chi connectivity index (χ3v) is 4.82. The summed E-state index contributed by atoms with van der Waals surface area (Å²) >= 11 is 1.36. The first-order chi connectivity index (χ1) is 13.2. The van der Waals surface area contributed by atoms with Crippen LogP contribution in [0.15, 0.2) is 76.4 Å². The van der Waals surface area contributed by atoms with Gasteiger partial charge >= 0.3 is 0 Å². The topological polar surface area (TPSA) is 67.9 Å². The standard InChI is InChI=1S/C20H15N3O3S/c1-25-15-9-10-17-18(12-15)27-20(22-17)23(21-13-16-8-5-11-26-16)19(24)14-6-3-2-4-7-14/h2-13H,1H3/b21-13+. The van der Waals surface area contributed by atoms with Gasteiger partial charge in [-0.05, 0) is 42.5 Å². The van der Waals surface area contributed by atoms with Crippen LogP contribution in [-0.2, 0) is 0 Å². The van der Waals surface area contributed by atoms with Gasteiger partial charge in [-0.3, -0.25) is 4.79 Å². The molecule has 0 unspecified atom stereocenters. The molecule has 0 bridgehead atoms. The number of anilines is 1. The number of fused-ring (bicyclic) bond motifs is 1. The average Bonchev–Trinajstić information content (AvgIpc) is 3.37. The number of methoxy groups -OCH3 is 1. The number of nitrogens with zero attached hydrogens (tertiary/aromatic N) is 3. The van der Waals surface area contributed by atoms with Crippen molar-refractivity contribution in [1.29, 1.82) is 0 Å². The number of rotatable bonds is 5. The van der Waals surface area contributed by atoms with Crippen molar-refractivity contribution in [1.82, 2.24) is 4.98 Å². The summed E-state index contributed by atoms with van der Waals surface area (Å²) in [6.07, 6.45) is 3.04. The molecule has 0 aliphatic heterocycles. The van der Waals surface area contributed by atoms with E-state index in [4.69, 9.17) is 9.15 Å². The molecule has 0 spiro atoms. The fraction of sp³-hybridized carbons (Fsp3) is 0.0500. The van der Waals surface area contributed by atoms with E-state index in [0.29, 0.717) is 16.5 Å². The van der Waals surface area contributed by atoms with E-state index in [2.05, 4.69) is 10.1 Å². The molecule has 0 saturated carbocycles. The van der Waals surface area contributed by atoms with E-state index in [1.165, 1.54) is 22.6 Å². The van der Waals surface area contributed by atoms with Crippen molar-refractivity contribution in [2.75, 3.05) is 12.1 Å². The molecule has 0 aliphatic carbocycles. The molecular formula is C20H15N3O3S. The second-order valence-corrected chi connectivity index (χ2v) is 6.58. The highest BCUT2D eigenvalue weighted by Crippen LogP contribution is 2.32. The molecule has 134 valence electrons. The summed E-state index contributed by atoms with van der Waals surface area (Å²) in [5.41, 5.74) is 1.29.